The highest BCUT2D eigenvalue weighted by atomic mass is 32.2. The Kier molecular flexibility index (Phi) is 4.33. The van der Waals surface area contributed by atoms with E-state index < -0.39 is 10.0 Å². The third-order valence-corrected chi connectivity index (χ3v) is 4.68. The summed E-state index contributed by atoms with van der Waals surface area (Å²) in [7, 11) is -2.13. The van der Waals surface area contributed by atoms with Crippen molar-refractivity contribution in [2.75, 3.05) is 12.5 Å². The van der Waals surface area contributed by atoms with E-state index in [1.165, 1.54) is 23.6 Å². The van der Waals surface area contributed by atoms with Crippen LogP contribution in [0.4, 0.5) is 5.82 Å². The van der Waals surface area contributed by atoms with Crippen LogP contribution in [0.5, 0.6) is 0 Å². The largest absolute Gasteiger partial charge is 0.307 e. The molecule has 2 aromatic rings. The minimum Gasteiger partial charge on any atom is -0.307 e. The number of aromatic nitrogens is 1. The lowest BCUT2D eigenvalue weighted by Crippen LogP contribution is -2.28. The number of benzene rings is 1. The van der Waals surface area contributed by atoms with E-state index in [9.17, 15) is 8.42 Å². The lowest BCUT2D eigenvalue weighted by atomic mass is 10.2. The maximum absolute atomic E-state index is 12.5. The molecule has 0 saturated carbocycles. The summed E-state index contributed by atoms with van der Waals surface area (Å²) < 4.78 is 26.3. The Labute approximate surface area is 118 Å². The maximum Gasteiger partial charge on any atom is 0.246 e. The second kappa shape index (κ2) is 6.00. The Morgan fingerprint density at radius 2 is 1.90 bits per heavy atom. The van der Waals surface area contributed by atoms with Crippen LogP contribution in [-0.2, 0) is 16.6 Å². The SMILES string of the molecule is CN(Cc1ccccc1)S(=O)(=O)c1cccnc1NN. The predicted octanol–water partition coefficient (Wildman–Crippen LogP) is 1.19. The molecule has 1 heterocycles. The molecule has 106 valence electrons. The molecule has 0 radical (unpaired) electrons. The molecule has 0 spiro atoms. The smallest absolute Gasteiger partial charge is 0.246 e. The third kappa shape index (κ3) is 2.96. The normalized spacial score (nSPS) is 11.6. The zero-order valence-electron chi connectivity index (χ0n) is 11.0. The van der Waals surface area contributed by atoms with E-state index in [1.807, 2.05) is 30.3 Å². The van der Waals surface area contributed by atoms with Gasteiger partial charge in [0.15, 0.2) is 5.82 Å². The predicted molar refractivity (Wildman–Crippen MR) is 77.1 cm³/mol. The van der Waals surface area contributed by atoms with Crippen molar-refractivity contribution >= 4 is 15.8 Å². The standard InChI is InChI=1S/C13H16N4O2S/c1-17(10-11-6-3-2-4-7-11)20(18,19)12-8-5-9-15-13(12)16-14/h2-9H,10,14H2,1H3,(H,15,16). The van der Waals surface area contributed by atoms with Crippen LogP contribution >= 0.6 is 0 Å². The van der Waals surface area contributed by atoms with Crippen LogP contribution in [-0.4, -0.2) is 24.8 Å². The number of hydrogen-bond donors (Lipinski definition) is 2. The van der Waals surface area contributed by atoms with E-state index in [-0.39, 0.29) is 17.3 Å². The van der Waals surface area contributed by atoms with E-state index in [0.717, 1.165) is 5.56 Å². The molecule has 0 bridgehead atoms. The van der Waals surface area contributed by atoms with Crippen molar-refractivity contribution in [1.29, 1.82) is 0 Å². The van der Waals surface area contributed by atoms with E-state index in [4.69, 9.17) is 5.84 Å². The molecular formula is C13H16N4O2S. The van der Waals surface area contributed by atoms with E-state index in [2.05, 4.69) is 10.4 Å². The number of hydrazine groups is 1. The lowest BCUT2D eigenvalue weighted by molar-refractivity contribution is 0.467. The first kappa shape index (κ1) is 14.4. The van der Waals surface area contributed by atoms with Crippen molar-refractivity contribution in [1.82, 2.24) is 9.29 Å². The number of sulfonamides is 1. The van der Waals surface area contributed by atoms with Crippen LogP contribution in [0.2, 0.25) is 0 Å². The van der Waals surface area contributed by atoms with Crippen LogP contribution < -0.4 is 11.3 Å². The van der Waals surface area contributed by atoms with Gasteiger partial charge in [0.2, 0.25) is 10.0 Å². The third-order valence-electron chi connectivity index (χ3n) is 2.84. The first-order valence-corrected chi connectivity index (χ1v) is 7.41. The number of pyridine rings is 1. The highest BCUT2D eigenvalue weighted by Gasteiger charge is 2.24. The molecule has 0 saturated heterocycles. The quantitative estimate of drug-likeness (QED) is 0.638. The number of nitrogens with one attached hydrogen (secondary N) is 1. The average molecular weight is 292 g/mol. The number of nitrogens with zero attached hydrogens (tertiary/aromatic N) is 2. The minimum atomic E-state index is -3.65. The number of anilines is 1. The molecule has 20 heavy (non-hydrogen) atoms. The van der Waals surface area contributed by atoms with Gasteiger partial charge in [0.25, 0.3) is 0 Å². The number of rotatable bonds is 5. The van der Waals surface area contributed by atoms with Gasteiger partial charge in [-0.05, 0) is 17.7 Å². The second-order valence-electron chi connectivity index (χ2n) is 4.24. The second-order valence-corrected chi connectivity index (χ2v) is 6.25. The van der Waals surface area contributed by atoms with Gasteiger partial charge in [-0.25, -0.2) is 19.2 Å². The molecule has 0 unspecified atom stereocenters. The minimum absolute atomic E-state index is 0.0564. The van der Waals surface area contributed by atoms with Gasteiger partial charge in [0.05, 0.1) is 0 Å². The Morgan fingerprint density at radius 3 is 2.55 bits per heavy atom. The van der Waals surface area contributed by atoms with Gasteiger partial charge in [0.1, 0.15) is 4.90 Å². The summed E-state index contributed by atoms with van der Waals surface area (Å²) in [6.07, 6.45) is 1.48. The van der Waals surface area contributed by atoms with Crippen molar-refractivity contribution in [3.05, 3.63) is 54.2 Å². The highest BCUT2D eigenvalue weighted by molar-refractivity contribution is 7.89. The molecule has 0 fully saturated rings. The zero-order valence-corrected chi connectivity index (χ0v) is 11.8. The first-order chi connectivity index (χ1) is 9.55. The summed E-state index contributed by atoms with van der Waals surface area (Å²) >= 11 is 0. The van der Waals surface area contributed by atoms with Crippen LogP contribution in [0.1, 0.15) is 5.56 Å². The summed E-state index contributed by atoms with van der Waals surface area (Å²) in [6.45, 7) is 0.280. The van der Waals surface area contributed by atoms with Gasteiger partial charge in [0, 0.05) is 19.8 Å². The molecule has 0 aliphatic heterocycles. The van der Waals surface area contributed by atoms with E-state index in [0.29, 0.717) is 0 Å². The lowest BCUT2D eigenvalue weighted by Gasteiger charge is -2.18. The molecule has 0 amide bonds. The molecule has 2 rings (SSSR count). The van der Waals surface area contributed by atoms with Crippen molar-refractivity contribution in [3.8, 4) is 0 Å². The summed E-state index contributed by atoms with van der Waals surface area (Å²) in [5.41, 5.74) is 3.21. The van der Waals surface area contributed by atoms with Gasteiger partial charge in [-0.3, -0.25) is 0 Å². The Hall–Kier alpha value is -1.96. The molecule has 0 aliphatic carbocycles. The van der Waals surface area contributed by atoms with Crippen molar-refractivity contribution in [2.24, 2.45) is 5.84 Å². The van der Waals surface area contributed by atoms with Gasteiger partial charge in [-0.1, -0.05) is 30.3 Å². The fraction of sp³-hybridized carbons (Fsp3) is 0.154. The zero-order chi connectivity index (χ0) is 14.6. The topological polar surface area (TPSA) is 88.3 Å². The van der Waals surface area contributed by atoms with Crippen LogP contribution in [0.15, 0.2) is 53.6 Å². The fourth-order valence-electron chi connectivity index (χ4n) is 1.80. The maximum atomic E-state index is 12.5. The molecule has 6 nitrogen and oxygen atoms in total. The monoisotopic (exact) mass is 292 g/mol. The summed E-state index contributed by atoms with van der Waals surface area (Å²) in [4.78, 5) is 3.97. The number of nitrogen functional groups attached to an aromatic ring is 1. The first-order valence-electron chi connectivity index (χ1n) is 5.97. The van der Waals surface area contributed by atoms with Gasteiger partial charge < -0.3 is 5.43 Å². The fourth-order valence-corrected chi connectivity index (χ4v) is 3.06. The molecule has 7 heteroatoms. The summed E-state index contributed by atoms with van der Waals surface area (Å²) in [6, 6.07) is 12.4. The molecule has 0 atom stereocenters. The van der Waals surface area contributed by atoms with E-state index in [1.54, 1.807) is 6.07 Å². The van der Waals surface area contributed by atoms with Gasteiger partial charge >= 0.3 is 0 Å². The molecular weight excluding hydrogens is 276 g/mol. The molecule has 1 aromatic carbocycles. The Bertz CT molecular complexity index is 674. The number of nitrogens with two attached hydrogens (primary N) is 1. The van der Waals surface area contributed by atoms with Crippen molar-refractivity contribution < 1.29 is 8.42 Å². The van der Waals surface area contributed by atoms with Crippen LogP contribution in [0, 0.1) is 0 Å². The van der Waals surface area contributed by atoms with Crippen molar-refractivity contribution in [2.45, 2.75) is 11.4 Å². The Morgan fingerprint density at radius 1 is 1.20 bits per heavy atom. The van der Waals surface area contributed by atoms with Gasteiger partial charge in [-0.2, -0.15) is 4.31 Å². The summed E-state index contributed by atoms with van der Waals surface area (Å²) in [5, 5.41) is 0. The van der Waals surface area contributed by atoms with E-state index >= 15 is 0 Å². The molecule has 3 N–H and O–H groups in total. The number of hydrogen-bond acceptors (Lipinski definition) is 5. The average Bonchev–Trinajstić information content (AvgIpc) is 2.48. The summed E-state index contributed by atoms with van der Waals surface area (Å²) in [5.74, 6) is 5.44. The van der Waals surface area contributed by atoms with Crippen molar-refractivity contribution in [3.63, 3.8) is 0 Å². The van der Waals surface area contributed by atoms with Gasteiger partial charge in [-0.15, -0.1) is 0 Å². The highest BCUT2D eigenvalue weighted by Crippen LogP contribution is 2.21. The molecule has 0 aliphatic rings. The van der Waals surface area contributed by atoms with Crippen LogP contribution in [0.3, 0.4) is 0 Å². The van der Waals surface area contributed by atoms with Crippen LogP contribution in [0.25, 0.3) is 0 Å². The molecule has 1 aromatic heterocycles. The Balaban J connectivity index is 2.30.